The molecule has 1 aliphatic carbocycles. The van der Waals surface area contributed by atoms with E-state index in [1.54, 1.807) is 29.4 Å². The molecular formula is C45H53F2N3O5S. The molecule has 0 bridgehead atoms. The van der Waals surface area contributed by atoms with Crippen molar-refractivity contribution in [3.05, 3.63) is 113 Å². The Balaban J connectivity index is 1.26. The third kappa shape index (κ3) is 12.3. The molecule has 1 aromatic heterocycles. The van der Waals surface area contributed by atoms with Crippen LogP contribution in [0.2, 0.25) is 0 Å². The van der Waals surface area contributed by atoms with Crippen molar-refractivity contribution in [1.29, 1.82) is 0 Å². The van der Waals surface area contributed by atoms with Crippen LogP contribution in [0.4, 0.5) is 13.9 Å². The van der Waals surface area contributed by atoms with Crippen LogP contribution in [0.5, 0.6) is 11.5 Å². The van der Waals surface area contributed by atoms with Crippen molar-refractivity contribution in [1.82, 2.24) is 4.98 Å². The third-order valence-corrected chi connectivity index (χ3v) is 10.9. The SMILES string of the molecule is C=C(C)C(=C)OCCCCCCOc1ccc(/C=C/C(=O)Oc2c(F)cc(C3CCC(CCC)CC3)cc2F)cc1/C=N/N(CCO)c1nc2ccccc2s1. The molecule has 0 amide bonds. The fourth-order valence-electron chi connectivity index (χ4n) is 6.77. The van der Waals surface area contributed by atoms with Crippen LogP contribution in [0.1, 0.15) is 101 Å². The minimum atomic E-state index is -0.912. The van der Waals surface area contributed by atoms with E-state index in [-0.39, 0.29) is 19.1 Å². The van der Waals surface area contributed by atoms with Crippen LogP contribution in [-0.2, 0) is 9.53 Å². The summed E-state index contributed by atoms with van der Waals surface area (Å²) in [6, 6.07) is 15.7. The number of hydrogen-bond donors (Lipinski definition) is 1. The van der Waals surface area contributed by atoms with Gasteiger partial charge in [0.15, 0.2) is 11.6 Å². The molecule has 1 fully saturated rings. The first kappa shape index (κ1) is 42.3. The molecule has 1 saturated carbocycles. The topological polar surface area (TPSA) is 93.5 Å². The number of aliphatic hydroxyl groups excluding tert-OH is 1. The van der Waals surface area contributed by atoms with Gasteiger partial charge in [-0.25, -0.2) is 23.6 Å². The molecule has 0 spiro atoms. The van der Waals surface area contributed by atoms with Gasteiger partial charge < -0.3 is 19.3 Å². The smallest absolute Gasteiger partial charge is 0.336 e. The standard InChI is InChI=1S/C45H53F2N3O5S/c1-5-12-33-15-19-35(20-16-33)36-28-38(46)44(39(47)29-36)55-43(52)22-18-34-17-21-41(54-26-11-7-6-10-25-53-32(4)31(2)3)37(27-34)30-48-50(23-24-51)45-49-40-13-8-9-14-42(40)56-45/h8-9,13-14,17-18,21-22,27-30,33,35,51H,2,4-7,10-12,15-16,19-20,23-26H2,1,3H3/b22-18+,48-30+. The Kier molecular flexibility index (Phi) is 16.2. The summed E-state index contributed by atoms with van der Waals surface area (Å²) >= 11 is 1.46. The van der Waals surface area contributed by atoms with Crippen molar-refractivity contribution in [3.63, 3.8) is 0 Å². The minimum Gasteiger partial charge on any atom is -0.494 e. The lowest BCUT2D eigenvalue weighted by atomic mass is 9.77. The molecule has 298 valence electrons. The van der Waals surface area contributed by atoms with Gasteiger partial charge in [0.2, 0.25) is 10.9 Å². The number of rotatable bonds is 21. The number of anilines is 1. The number of nitrogens with zero attached hydrogens (tertiary/aromatic N) is 3. The lowest BCUT2D eigenvalue weighted by Crippen LogP contribution is -2.20. The van der Waals surface area contributed by atoms with Crippen LogP contribution < -0.4 is 14.5 Å². The second-order valence-electron chi connectivity index (χ2n) is 14.2. The highest BCUT2D eigenvalue weighted by atomic mass is 32.1. The molecule has 1 aliphatic rings. The fraction of sp³-hybridized carbons (Fsp3) is 0.400. The Morgan fingerprint density at radius 1 is 1.02 bits per heavy atom. The second kappa shape index (κ2) is 21.4. The Labute approximate surface area is 333 Å². The van der Waals surface area contributed by atoms with Gasteiger partial charge >= 0.3 is 5.97 Å². The lowest BCUT2D eigenvalue weighted by molar-refractivity contribution is -0.129. The van der Waals surface area contributed by atoms with E-state index in [1.165, 1.54) is 36.0 Å². The molecule has 0 atom stereocenters. The van der Waals surface area contributed by atoms with Crippen LogP contribution in [0.3, 0.4) is 0 Å². The quantitative estimate of drug-likeness (QED) is 0.0131. The molecule has 11 heteroatoms. The molecule has 56 heavy (non-hydrogen) atoms. The maximum Gasteiger partial charge on any atom is 0.336 e. The van der Waals surface area contributed by atoms with Gasteiger partial charge in [-0.15, -0.1) is 0 Å². The van der Waals surface area contributed by atoms with E-state index in [0.29, 0.717) is 52.5 Å². The summed E-state index contributed by atoms with van der Waals surface area (Å²) in [7, 11) is 0. The predicted molar refractivity (Wildman–Crippen MR) is 223 cm³/mol. The van der Waals surface area contributed by atoms with Crippen molar-refractivity contribution in [2.45, 2.75) is 84.0 Å². The number of fused-ring (bicyclic) bond motifs is 1. The number of carbonyl (C=O) groups is 1. The zero-order valence-electron chi connectivity index (χ0n) is 32.5. The van der Waals surface area contributed by atoms with Crippen molar-refractivity contribution in [2.75, 3.05) is 31.4 Å². The predicted octanol–water partition coefficient (Wildman–Crippen LogP) is 11.1. The van der Waals surface area contributed by atoms with Crippen molar-refractivity contribution in [2.24, 2.45) is 11.0 Å². The Morgan fingerprint density at radius 3 is 2.45 bits per heavy atom. The monoisotopic (exact) mass is 785 g/mol. The molecule has 5 rings (SSSR count). The van der Waals surface area contributed by atoms with Crippen LogP contribution >= 0.6 is 11.3 Å². The lowest BCUT2D eigenvalue weighted by Gasteiger charge is -2.28. The van der Waals surface area contributed by atoms with E-state index >= 15 is 8.78 Å². The van der Waals surface area contributed by atoms with E-state index < -0.39 is 23.4 Å². The van der Waals surface area contributed by atoms with Crippen LogP contribution in [0, 0.1) is 17.6 Å². The number of aliphatic hydroxyl groups is 1. The molecule has 0 unspecified atom stereocenters. The van der Waals surface area contributed by atoms with Crippen molar-refractivity contribution in [3.8, 4) is 11.5 Å². The summed E-state index contributed by atoms with van der Waals surface area (Å²) in [4.78, 5) is 17.5. The zero-order valence-corrected chi connectivity index (χ0v) is 33.3. The highest BCUT2D eigenvalue weighted by Crippen LogP contribution is 2.39. The van der Waals surface area contributed by atoms with Gasteiger partial charge in [-0.2, -0.15) is 5.10 Å². The van der Waals surface area contributed by atoms with Crippen molar-refractivity contribution < 1.29 is 32.9 Å². The number of aromatic nitrogens is 1. The summed E-state index contributed by atoms with van der Waals surface area (Å²) in [5.41, 5.74) is 3.49. The summed E-state index contributed by atoms with van der Waals surface area (Å²) < 4.78 is 48.2. The number of hydrogen-bond acceptors (Lipinski definition) is 9. The third-order valence-electron chi connectivity index (χ3n) is 9.88. The maximum atomic E-state index is 15.1. The first-order valence-corrected chi connectivity index (χ1v) is 20.4. The van der Waals surface area contributed by atoms with E-state index in [0.717, 1.165) is 79.7 Å². The summed E-state index contributed by atoms with van der Waals surface area (Å²) in [5, 5.41) is 16.7. The second-order valence-corrected chi connectivity index (χ2v) is 15.3. The molecule has 0 saturated heterocycles. The Morgan fingerprint density at radius 2 is 1.75 bits per heavy atom. The average Bonchev–Trinajstić information content (AvgIpc) is 3.63. The molecule has 3 aromatic carbocycles. The molecule has 0 radical (unpaired) electrons. The summed E-state index contributed by atoms with van der Waals surface area (Å²) in [5.74, 6) is -1.44. The van der Waals surface area contributed by atoms with E-state index in [1.807, 2.05) is 31.2 Å². The number of unbranched alkanes of at least 4 members (excludes halogenated alkanes) is 3. The molecule has 8 nitrogen and oxygen atoms in total. The first-order chi connectivity index (χ1) is 27.1. The molecule has 1 heterocycles. The van der Waals surface area contributed by atoms with Gasteiger partial charge in [0.1, 0.15) is 11.5 Å². The number of halogens is 2. The van der Waals surface area contributed by atoms with Gasteiger partial charge in [-0.1, -0.05) is 62.5 Å². The van der Waals surface area contributed by atoms with Gasteiger partial charge in [0.05, 0.1) is 42.8 Å². The van der Waals surface area contributed by atoms with Gasteiger partial charge in [0.25, 0.3) is 0 Å². The minimum absolute atomic E-state index is 0.0940. The average molecular weight is 786 g/mol. The summed E-state index contributed by atoms with van der Waals surface area (Å²) in [6.45, 7) is 12.9. The maximum absolute atomic E-state index is 15.1. The number of para-hydroxylation sites is 1. The van der Waals surface area contributed by atoms with Gasteiger partial charge in [-0.3, -0.25) is 0 Å². The number of thiazole rings is 1. The molecular weight excluding hydrogens is 733 g/mol. The fourth-order valence-corrected chi connectivity index (χ4v) is 7.71. The summed E-state index contributed by atoms with van der Waals surface area (Å²) in [6.07, 6.45) is 14.1. The van der Waals surface area contributed by atoms with E-state index in [9.17, 15) is 9.90 Å². The van der Waals surface area contributed by atoms with Crippen molar-refractivity contribution >= 4 is 44.9 Å². The van der Waals surface area contributed by atoms with E-state index in [2.05, 4.69) is 30.2 Å². The number of carbonyl (C=O) groups excluding carboxylic acids is 1. The Hall–Kier alpha value is -4.87. The van der Waals surface area contributed by atoms with Crippen LogP contribution in [-0.4, -0.2) is 48.6 Å². The molecule has 4 aromatic rings. The van der Waals surface area contributed by atoms with Gasteiger partial charge in [0, 0.05) is 11.6 Å². The first-order valence-electron chi connectivity index (χ1n) is 19.6. The van der Waals surface area contributed by atoms with E-state index in [4.69, 9.17) is 14.2 Å². The number of benzene rings is 3. The largest absolute Gasteiger partial charge is 0.494 e. The highest BCUT2D eigenvalue weighted by molar-refractivity contribution is 7.22. The molecule has 0 aliphatic heterocycles. The number of ether oxygens (including phenoxy) is 3. The molecule has 1 N–H and O–H groups in total. The number of esters is 1. The Bertz CT molecular complexity index is 1950. The van der Waals surface area contributed by atoms with Crippen LogP contribution in [0.15, 0.2) is 90.3 Å². The van der Waals surface area contributed by atoms with Gasteiger partial charge in [-0.05, 0) is 129 Å². The zero-order chi connectivity index (χ0) is 39.9. The number of allylic oxidation sites excluding steroid dienone is 1. The highest BCUT2D eigenvalue weighted by Gasteiger charge is 2.25. The normalized spacial score (nSPS) is 15.7. The van der Waals surface area contributed by atoms with Crippen LogP contribution in [0.25, 0.3) is 16.3 Å². The number of hydrazone groups is 1.